The molecule has 0 radical (unpaired) electrons. The number of carbonyl (C=O) groups is 1. The van der Waals surface area contributed by atoms with Gasteiger partial charge in [-0.2, -0.15) is 5.26 Å². The lowest BCUT2D eigenvalue weighted by Crippen LogP contribution is -2.46. The van der Waals surface area contributed by atoms with Crippen molar-refractivity contribution in [2.24, 2.45) is 5.73 Å². The quantitative estimate of drug-likeness (QED) is 0.640. The van der Waals surface area contributed by atoms with Crippen LogP contribution in [0.5, 0.6) is 0 Å². The highest BCUT2D eigenvalue weighted by atomic mass is 16.5. The van der Waals surface area contributed by atoms with Crippen LogP contribution in [0.15, 0.2) is 28.7 Å². The molecule has 2 unspecified atom stereocenters. The third-order valence-electron chi connectivity index (χ3n) is 4.46. The first kappa shape index (κ1) is 18.6. The van der Waals surface area contributed by atoms with Gasteiger partial charge in [0.05, 0.1) is 17.8 Å². The Morgan fingerprint density at radius 3 is 2.67 bits per heavy atom. The van der Waals surface area contributed by atoms with Gasteiger partial charge in [0.15, 0.2) is 0 Å². The molecule has 1 aliphatic heterocycles. The topological polar surface area (TPSA) is 114 Å². The summed E-state index contributed by atoms with van der Waals surface area (Å²) in [7, 11) is 0. The van der Waals surface area contributed by atoms with Crippen molar-refractivity contribution in [2.75, 3.05) is 18.0 Å². The predicted octanol–water partition coefficient (Wildman–Crippen LogP) is 1.01. The molecule has 0 saturated carbocycles. The summed E-state index contributed by atoms with van der Waals surface area (Å²) in [6.45, 7) is 6.84. The third-order valence-corrected chi connectivity index (χ3v) is 4.46. The number of aromatic nitrogens is 2. The first-order chi connectivity index (χ1) is 12.8. The molecular weight excluding hydrogens is 346 g/mol. The second kappa shape index (κ2) is 7.21. The van der Waals surface area contributed by atoms with Gasteiger partial charge in [0.2, 0.25) is 0 Å². The number of nitrogens with two attached hydrogens (primary N) is 1. The molecule has 0 aliphatic carbocycles. The summed E-state index contributed by atoms with van der Waals surface area (Å²) in [6, 6.07) is 5.37. The smallest absolute Gasteiger partial charge is 0.267 e. The number of nitriles is 1. The molecule has 0 aromatic carbocycles. The van der Waals surface area contributed by atoms with E-state index in [4.69, 9.17) is 15.5 Å². The Morgan fingerprint density at radius 1 is 1.41 bits per heavy atom. The van der Waals surface area contributed by atoms with Gasteiger partial charge in [-0.1, -0.05) is 6.07 Å². The van der Waals surface area contributed by atoms with Crippen molar-refractivity contribution in [3.8, 4) is 6.07 Å². The summed E-state index contributed by atoms with van der Waals surface area (Å²) in [6.07, 6.45) is 2.75. The van der Waals surface area contributed by atoms with Crippen molar-refractivity contribution in [1.29, 1.82) is 5.26 Å². The molecule has 27 heavy (non-hydrogen) atoms. The fourth-order valence-corrected chi connectivity index (χ4v) is 3.32. The lowest BCUT2D eigenvalue weighted by atomic mass is 10.1. The molecule has 2 N–H and O–H groups in total. The molecule has 1 fully saturated rings. The summed E-state index contributed by atoms with van der Waals surface area (Å²) in [4.78, 5) is 31.3. The van der Waals surface area contributed by atoms with E-state index in [2.05, 4.69) is 0 Å². The molecule has 0 spiro atoms. The van der Waals surface area contributed by atoms with Crippen LogP contribution in [0.25, 0.3) is 11.7 Å². The Labute approximate surface area is 156 Å². The number of hydrogen-bond donors (Lipinski definition) is 1. The number of fused-ring (bicyclic) bond motifs is 1. The number of ether oxygens (including phenoxy) is 1. The molecule has 3 rings (SSSR count). The van der Waals surface area contributed by atoms with Gasteiger partial charge in [-0.25, -0.2) is 4.98 Å². The minimum absolute atomic E-state index is 0.0470. The predicted molar refractivity (Wildman–Crippen MR) is 101 cm³/mol. The van der Waals surface area contributed by atoms with Crippen LogP contribution in [0.2, 0.25) is 0 Å². The monoisotopic (exact) mass is 367 g/mol. The fraction of sp³-hybridized carbons (Fsp3) is 0.368. The Kier molecular flexibility index (Phi) is 4.97. The van der Waals surface area contributed by atoms with Crippen molar-refractivity contribution >= 4 is 23.4 Å². The van der Waals surface area contributed by atoms with E-state index in [0.717, 1.165) is 5.56 Å². The van der Waals surface area contributed by atoms with E-state index < -0.39 is 5.91 Å². The number of nitrogens with zero attached hydrogens (tertiary/aromatic N) is 4. The Hall–Kier alpha value is -3.18. The van der Waals surface area contributed by atoms with Gasteiger partial charge in [-0.15, -0.1) is 0 Å². The van der Waals surface area contributed by atoms with Crippen LogP contribution < -0.4 is 16.2 Å². The lowest BCUT2D eigenvalue weighted by molar-refractivity contribution is -0.114. The normalized spacial score (nSPS) is 20.5. The molecule has 1 aliphatic rings. The van der Waals surface area contributed by atoms with Crippen molar-refractivity contribution in [3.05, 3.63) is 45.4 Å². The molecule has 2 aromatic heterocycles. The SMILES string of the molecule is Cc1cccn2c(=O)c(/C=C(\C#N)C(N)=O)c(N3CC(C)OC(C)C3)nc12. The van der Waals surface area contributed by atoms with E-state index in [1.165, 1.54) is 10.5 Å². The maximum Gasteiger partial charge on any atom is 0.267 e. The molecule has 1 amide bonds. The van der Waals surface area contributed by atoms with Crippen LogP contribution in [0.3, 0.4) is 0 Å². The van der Waals surface area contributed by atoms with Crippen molar-refractivity contribution in [1.82, 2.24) is 9.38 Å². The Balaban J connectivity index is 2.31. The van der Waals surface area contributed by atoms with E-state index in [9.17, 15) is 14.9 Å². The number of anilines is 1. The molecule has 1 saturated heterocycles. The average molecular weight is 367 g/mol. The average Bonchev–Trinajstić information content (AvgIpc) is 2.60. The Morgan fingerprint density at radius 2 is 2.07 bits per heavy atom. The Bertz CT molecular complexity index is 1020. The summed E-state index contributed by atoms with van der Waals surface area (Å²) < 4.78 is 7.18. The summed E-state index contributed by atoms with van der Waals surface area (Å²) in [5.74, 6) is -0.466. The first-order valence-corrected chi connectivity index (χ1v) is 8.65. The van der Waals surface area contributed by atoms with Crippen molar-refractivity contribution in [3.63, 3.8) is 0 Å². The van der Waals surface area contributed by atoms with Gasteiger partial charge < -0.3 is 15.4 Å². The largest absolute Gasteiger partial charge is 0.372 e. The number of aryl methyl sites for hydroxylation is 1. The second-order valence-electron chi connectivity index (χ2n) is 6.74. The molecule has 140 valence electrons. The van der Waals surface area contributed by atoms with Crippen LogP contribution in [0, 0.1) is 18.3 Å². The summed E-state index contributed by atoms with van der Waals surface area (Å²) in [5, 5.41) is 9.21. The number of rotatable bonds is 3. The number of carbonyl (C=O) groups excluding carboxylic acids is 1. The zero-order valence-corrected chi connectivity index (χ0v) is 15.5. The van der Waals surface area contributed by atoms with Crippen molar-refractivity contribution < 1.29 is 9.53 Å². The molecule has 8 heteroatoms. The van der Waals surface area contributed by atoms with E-state index >= 15 is 0 Å². The van der Waals surface area contributed by atoms with Crippen LogP contribution in [-0.4, -0.2) is 40.6 Å². The first-order valence-electron chi connectivity index (χ1n) is 8.65. The number of pyridine rings is 1. The second-order valence-corrected chi connectivity index (χ2v) is 6.74. The molecule has 3 heterocycles. The fourth-order valence-electron chi connectivity index (χ4n) is 3.32. The van der Waals surface area contributed by atoms with Gasteiger partial charge >= 0.3 is 0 Å². The van der Waals surface area contributed by atoms with Crippen LogP contribution in [-0.2, 0) is 9.53 Å². The number of morpholine rings is 1. The van der Waals surface area contributed by atoms with E-state index in [-0.39, 0.29) is 28.9 Å². The van der Waals surface area contributed by atoms with Crippen LogP contribution in [0.1, 0.15) is 25.0 Å². The maximum absolute atomic E-state index is 13.1. The highest BCUT2D eigenvalue weighted by Gasteiger charge is 2.27. The van der Waals surface area contributed by atoms with Gasteiger partial charge in [-0.3, -0.25) is 14.0 Å². The number of amides is 1. The minimum Gasteiger partial charge on any atom is -0.372 e. The molecule has 8 nitrogen and oxygen atoms in total. The van der Waals surface area contributed by atoms with E-state index in [1.807, 2.05) is 31.7 Å². The molecular formula is C19H21N5O3. The van der Waals surface area contributed by atoms with Crippen LogP contribution in [0.4, 0.5) is 5.82 Å². The van der Waals surface area contributed by atoms with E-state index in [1.54, 1.807) is 18.3 Å². The minimum atomic E-state index is -0.888. The van der Waals surface area contributed by atoms with Gasteiger partial charge in [0.1, 0.15) is 23.1 Å². The maximum atomic E-state index is 13.1. The summed E-state index contributed by atoms with van der Waals surface area (Å²) >= 11 is 0. The zero-order chi connectivity index (χ0) is 19.7. The highest BCUT2D eigenvalue weighted by molar-refractivity contribution is 6.01. The number of primary amides is 1. The lowest BCUT2D eigenvalue weighted by Gasteiger charge is -2.36. The molecule has 2 atom stereocenters. The highest BCUT2D eigenvalue weighted by Crippen LogP contribution is 2.24. The standard InChI is InChI=1S/C19H21N5O3/c1-11-5-4-6-24-17(11)22-18(23-9-12(2)27-13(3)10-23)15(19(24)26)7-14(8-20)16(21)25/h4-7,12-13H,9-10H2,1-3H3,(H2,21,25)/b14-7+. The molecule has 2 aromatic rings. The zero-order valence-electron chi connectivity index (χ0n) is 15.5. The van der Waals surface area contributed by atoms with Crippen LogP contribution >= 0.6 is 0 Å². The van der Waals surface area contributed by atoms with E-state index in [0.29, 0.717) is 24.6 Å². The van der Waals surface area contributed by atoms with Gasteiger partial charge in [0, 0.05) is 19.3 Å². The third kappa shape index (κ3) is 3.55. The van der Waals surface area contributed by atoms with Gasteiger partial charge in [0.25, 0.3) is 11.5 Å². The van der Waals surface area contributed by atoms with Gasteiger partial charge in [-0.05, 0) is 38.5 Å². The summed E-state index contributed by atoms with van der Waals surface area (Å²) in [5.41, 5.74) is 6.14. The molecule has 0 bridgehead atoms. The van der Waals surface area contributed by atoms with Crippen molar-refractivity contribution in [2.45, 2.75) is 33.0 Å². The number of hydrogen-bond acceptors (Lipinski definition) is 6.